The van der Waals surface area contributed by atoms with E-state index in [0.717, 1.165) is 22.9 Å². The molecular weight excluding hydrogens is 346 g/mol. The van der Waals surface area contributed by atoms with Crippen LogP contribution in [0.2, 0.25) is 0 Å². The van der Waals surface area contributed by atoms with Gasteiger partial charge < -0.3 is 15.2 Å². The molecule has 0 radical (unpaired) electrons. The van der Waals surface area contributed by atoms with E-state index in [2.05, 4.69) is 84.0 Å². The van der Waals surface area contributed by atoms with Crippen LogP contribution >= 0.6 is 24.0 Å². The highest BCUT2D eigenvalue weighted by atomic mass is 32.2. The average molecular weight is 370 g/mol. The number of thioether (sulfide) groups is 1. The molecule has 0 bridgehead atoms. The van der Waals surface area contributed by atoms with Crippen LogP contribution in [-0.4, -0.2) is 27.3 Å². The third-order valence-electron chi connectivity index (χ3n) is 4.22. The molecule has 130 valence electrons. The van der Waals surface area contributed by atoms with Crippen LogP contribution in [-0.2, 0) is 6.54 Å². The molecule has 0 aliphatic rings. The minimum atomic E-state index is 0.303. The number of hydrogen-bond acceptors (Lipinski definition) is 2. The lowest BCUT2D eigenvalue weighted by Crippen LogP contribution is -2.39. The Kier molecular flexibility index (Phi) is 5.66. The van der Waals surface area contributed by atoms with Crippen molar-refractivity contribution < 1.29 is 0 Å². The topological polar surface area (TPSA) is 31.1 Å². The standard InChI is InChI=1S/C20H23N3S2/c1-14(2)23(13-15-12-21-19-10-5-4-9-18(15)19)20(24)22-16-7-6-8-17(11-16)25-3/h4-12,14,21H,13H2,1-3H3,(H,22,24). The second-order valence-corrected chi connectivity index (χ2v) is 7.51. The predicted molar refractivity (Wildman–Crippen MR) is 113 cm³/mol. The number of aromatic nitrogens is 1. The van der Waals surface area contributed by atoms with Crippen LogP contribution in [0.5, 0.6) is 0 Å². The van der Waals surface area contributed by atoms with Crippen molar-refractivity contribution in [2.45, 2.75) is 31.3 Å². The fourth-order valence-electron chi connectivity index (χ4n) is 2.83. The molecule has 0 spiro atoms. The van der Waals surface area contributed by atoms with E-state index in [-0.39, 0.29) is 0 Å². The Morgan fingerprint density at radius 3 is 2.76 bits per heavy atom. The van der Waals surface area contributed by atoms with Gasteiger partial charge in [0.1, 0.15) is 0 Å². The Hall–Kier alpha value is -1.98. The molecule has 0 aliphatic heterocycles. The first-order valence-electron chi connectivity index (χ1n) is 8.35. The zero-order valence-corrected chi connectivity index (χ0v) is 16.4. The van der Waals surface area contributed by atoms with Crippen molar-refractivity contribution >= 4 is 45.7 Å². The van der Waals surface area contributed by atoms with Crippen LogP contribution in [0, 0.1) is 0 Å². The zero-order valence-electron chi connectivity index (χ0n) is 14.7. The third-order valence-corrected chi connectivity index (χ3v) is 5.28. The summed E-state index contributed by atoms with van der Waals surface area (Å²) in [6, 6.07) is 17.0. The number of para-hydroxylation sites is 1. The van der Waals surface area contributed by atoms with Crippen molar-refractivity contribution in [3.63, 3.8) is 0 Å². The summed E-state index contributed by atoms with van der Waals surface area (Å²) in [5.41, 5.74) is 3.44. The van der Waals surface area contributed by atoms with E-state index in [1.165, 1.54) is 15.8 Å². The van der Waals surface area contributed by atoms with Crippen LogP contribution in [0.25, 0.3) is 10.9 Å². The maximum Gasteiger partial charge on any atom is 0.173 e. The van der Waals surface area contributed by atoms with Crippen molar-refractivity contribution in [3.8, 4) is 0 Å². The molecule has 2 N–H and O–H groups in total. The summed E-state index contributed by atoms with van der Waals surface area (Å²) < 4.78 is 0. The minimum Gasteiger partial charge on any atom is -0.361 e. The van der Waals surface area contributed by atoms with Gasteiger partial charge in [0, 0.05) is 40.3 Å². The number of benzene rings is 2. The van der Waals surface area contributed by atoms with Crippen molar-refractivity contribution in [2.24, 2.45) is 0 Å². The molecule has 0 aliphatic carbocycles. The fourth-order valence-corrected chi connectivity index (χ4v) is 3.68. The largest absolute Gasteiger partial charge is 0.361 e. The number of nitrogens with zero attached hydrogens (tertiary/aromatic N) is 1. The number of thiocarbonyl (C=S) groups is 1. The minimum absolute atomic E-state index is 0.303. The summed E-state index contributed by atoms with van der Waals surface area (Å²) in [6.07, 6.45) is 4.16. The molecule has 0 amide bonds. The van der Waals surface area contributed by atoms with Crippen molar-refractivity contribution in [2.75, 3.05) is 11.6 Å². The molecule has 25 heavy (non-hydrogen) atoms. The van der Waals surface area contributed by atoms with Gasteiger partial charge in [-0.15, -0.1) is 11.8 Å². The van der Waals surface area contributed by atoms with Gasteiger partial charge in [0.15, 0.2) is 5.11 Å². The van der Waals surface area contributed by atoms with Gasteiger partial charge >= 0.3 is 0 Å². The van der Waals surface area contributed by atoms with Gasteiger partial charge in [0.25, 0.3) is 0 Å². The maximum atomic E-state index is 5.71. The molecule has 0 saturated heterocycles. The van der Waals surface area contributed by atoms with Crippen LogP contribution in [0.15, 0.2) is 59.6 Å². The summed E-state index contributed by atoms with van der Waals surface area (Å²) in [5, 5.41) is 5.39. The summed E-state index contributed by atoms with van der Waals surface area (Å²) >= 11 is 7.44. The molecule has 0 atom stereocenters. The van der Waals surface area contributed by atoms with E-state index < -0.39 is 0 Å². The first kappa shape index (κ1) is 17.8. The molecule has 0 unspecified atom stereocenters. The van der Waals surface area contributed by atoms with Crippen molar-refractivity contribution in [1.82, 2.24) is 9.88 Å². The number of anilines is 1. The third kappa shape index (κ3) is 4.17. The lowest BCUT2D eigenvalue weighted by Gasteiger charge is -2.29. The molecule has 1 aromatic heterocycles. The van der Waals surface area contributed by atoms with E-state index >= 15 is 0 Å². The Bertz CT molecular complexity index is 870. The van der Waals surface area contributed by atoms with Gasteiger partial charge in [0.2, 0.25) is 0 Å². The van der Waals surface area contributed by atoms with Gasteiger partial charge in [-0.1, -0.05) is 24.3 Å². The highest BCUT2D eigenvalue weighted by Crippen LogP contribution is 2.22. The summed E-state index contributed by atoms with van der Waals surface area (Å²) in [6.45, 7) is 5.11. The number of nitrogens with one attached hydrogen (secondary N) is 2. The number of rotatable bonds is 5. The Morgan fingerprint density at radius 1 is 1.20 bits per heavy atom. The van der Waals surface area contributed by atoms with Crippen LogP contribution in [0.1, 0.15) is 19.4 Å². The molecule has 1 heterocycles. The summed E-state index contributed by atoms with van der Waals surface area (Å²) in [7, 11) is 0. The number of hydrogen-bond donors (Lipinski definition) is 2. The Morgan fingerprint density at radius 2 is 2.00 bits per heavy atom. The quantitative estimate of drug-likeness (QED) is 0.459. The number of aromatic amines is 1. The smallest absolute Gasteiger partial charge is 0.173 e. The molecular formula is C20H23N3S2. The molecule has 5 heteroatoms. The molecule has 3 aromatic rings. The average Bonchev–Trinajstić information content (AvgIpc) is 3.02. The van der Waals surface area contributed by atoms with E-state index in [4.69, 9.17) is 12.2 Å². The molecule has 3 rings (SSSR count). The van der Waals surface area contributed by atoms with Gasteiger partial charge in [-0.2, -0.15) is 0 Å². The van der Waals surface area contributed by atoms with E-state index in [1.807, 2.05) is 6.07 Å². The first-order valence-corrected chi connectivity index (χ1v) is 9.98. The van der Waals surface area contributed by atoms with Crippen LogP contribution in [0.4, 0.5) is 5.69 Å². The highest BCUT2D eigenvalue weighted by molar-refractivity contribution is 7.98. The van der Waals surface area contributed by atoms with Gasteiger partial charge in [-0.3, -0.25) is 0 Å². The Balaban J connectivity index is 1.79. The predicted octanol–water partition coefficient (Wildman–Crippen LogP) is 5.50. The maximum absolute atomic E-state index is 5.71. The highest BCUT2D eigenvalue weighted by Gasteiger charge is 2.16. The molecule has 0 saturated carbocycles. The van der Waals surface area contributed by atoms with Gasteiger partial charge in [-0.05, 0) is 62.2 Å². The molecule has 3 nitrogen and oxygen atoms in total. The van der Waals surface area contributed by atoms with Crippen LogP contribution in [0.3, 0.4) is 0 Å². The molecule has 0 fully saturated rings. The fraction of sp³-hybridized carbons (Fsp3) is 0.250. The van der Waals surface area contributed by atoms with Gasteiger partial charge in [0.05, 0.1) is 0 Å². The second-order valence-electron chi connectivity index (χ2n) is 6.24. The van der Waals surface area contributed by atoms with E-state index in [1.54, 1.807) is 11.8 Å². The SMILES string of the molecule is CSc1cccc(NC(=S)N(Cc2c[nH]c3ccccc23)C(C)C)c1. The molecule has 2 aromatic carbocycles. The lowest BCUT2D eigenvalue weighted by atomic mass is 10.1. The normalized spacial score (nSPS) is 11.0. The van der Waals surface area contributed by atoms with E-state index in [9.17, 15) is 0 Å². The number of fused-ring (bicyclic) bond motifs is 1. The monoisotopic (exact) mass is 369 g/mol. The first-order chi connectivity index (χ1) is 12.1. The van der Waals surface area contributed by atoms with E-state index in [0.29, 0.717) is 6.04 Å². The zero-order chi connectivity index (χ0) is 17.8. The number of H-pyrrole nitrogens is 1. The van der Waals surface area contributed by atoms with Crippen LogP contribution < -0.4 is 5.32 Å². The van der Waals surface area contributed by atoms with Crippen molar-refractivity contribution in [1.29, 1.82) is 0 Å². The second kappa shape index (κ2) is 7.93. The lowest BCUT2D eigenvalue weighted by molar-refractivity contribution is 0.349. The Labute approximate surface area is 158 Å². The summed E-state index contributed by atoms with van der Waals surface area (Å²) in [5.74, 6) is 0. The van der Waals surface area contributed by atoms with Gasteiger partial charge in [-0.25, -0.2) is 0 Å². The summed E-state index contributed by atoms with van der Waals surface area (Å²) in [4.78, 5) is 6.78. The van der Waals surface area contributed by atoms with Crippen molar-refractivity contribution in [3.05, 3.63) is 60.3 Å².